The first kappa shape index (κ1) is 11.8. The molecule has 0 aliphatic carbocycles. The number of rotatable bonds is 5. The van der Waals surface area contributed by atoms with Gasteiger partial charge in [-0.05, 0) is 20.5 Å². The van der Waals surface area contributed by atoms with E-state index in [0.717, 1.165) is 0 Å². The topological polar surface area (TPSA) is 69.7 Å². The molecule has 0 fully saturated rings. The van der Waals surface area contributed by atoms with E-state index in [1.165, 1.54) is 0 Å². The zero-order chi connectivity index (χ0) is 9.78. The molecule has 0 heterocycles. The summed E-state index contributed by atoms with van der Waals surface area (Å²) in [7, 11) is 3.62. The standard InChI is InChI=1S/C8H20N2O2/c1-4-7(12)8(5-9,6-11)10(2)3/h7,11-12H,4-6,9H2,1-3H3. The summed E-state index contributed by atoms with van der Waals surface area (Å²) in [5, 5.41) is 18.8. The van der Waals surface area contributed by atoms with Crippen molar-refractivity contribution in [2.24, 2.45) is 5.73 Å². The van der Waals surface area contributed by atoms with Crippen molar-refractivity contribution in [1.82, 2.24) is 4.90 Å². The fourth-order valence-corrected chi connectivity index (χ4v) is 1.31. The van der Waals surface area contributed by atoms with Gasteiger partial charge in [0.1, 0.15) is 0 Å². The molecule has 0 aliphatic heterocycles. The van der Waals surface area contributed by atoms with Gasteiger partial charge in [-0.25, -0.2) is 0 Å². The second kappa shape index (κ2) is 4.77. The van der Waals surface area contributed by atoms with Crippen LogP contribution in [0.25, 0.3) is 0 Å². The van der Waals surface area contributed by atoms with Crippen molar-refractivity contribution in [3.05, 3.63) is 0 Å². The van der Waals surface area contributed by atoms with Crippen LogP contribution >= 0.6 is 0 Å². The molecule has 0 saturated carbocycles. The van der Waals surface area contributed by atoms with Crippen molar-refractivity contribution in [3.8, 4) is 0 Å². The first-order valence-corrected chi connectivity index (χ1v) is 4.21. The van der Waals surface area contributed by atoms with Crippen LogP contribution in [-0.2, 0) is 0 Å². The van der Waals surface area contributed by atoms with Crippen molar-refractivity contribution in [2.75, 3.05) is 27.2 Å². The Morgan fingerprint density at radius 2 is 2.00 bits per heavy atom. The Hall–Kier alpha value is -0.160. The van der Waals surface area contributed by atoms with Gasteiger partial charge < -0.3 is 15.9 Å². The minimum Gasteiger partial charge on any atom is -0.394 e. The lowest BCUT2D eigenvalue weighted by atomic mass is 9.90. The van der Waals surface area contributed by atoms with Crippen LogP contribution in [0.5, 0.6) is 0 Å². The summed E-state index contributed by atoms with van der Waals surface area (Å²) >= 11 is 0. The highest BCUT2D eigenvalue weighted by Crippen LogP contribution is 2.17. The minimum atomic E-state index is -0.686. The monoisotopic (exact) mass is 176 g/mol. The molecule has 0 rings (SSSR count). The smallest absolute Gasteiger partial charge is 0.0820 e. The number of nitrogens with two attached hydrogens (primary N) is 1. The van der Waals surface area contributed by atoms with Crippen LogP contribution in [0, 0.1) is 0 Å². The third-order valence-electron chi connectivity index (χ3n) is 2.52. The van der Waals surface area contributed by atoms with Gasteiger partial charge in [-0.3, -0.25) is 4.90 Å². The molecule has 0 aliphatic rings. The number of aliphatic hydroxyl groups excluding tert-OH is 2. The van der Waals surface area contributed by atoms with Crippen LogP contribution in [-0.4, -0.2) is 54.0 Å². The van der Waals surface area contributed by atoms with Gasteiger partial charge in [-0.2, -0.15) is 0 Å². The number of hydrogen-bond donors (Lipinski definition) is 3. The van der Waals surface area contributed by atoms with Gasteiger partial charge in [0, 0.05) is 6.54 Å². The predicted octanol–water partition coefficient (Wildman–Crippen LogP) is -0.991. The van der Waals surface area contributed by atoms with Crippen LogP contribution in [0.1, 0.15) is 13.3 Å². The molecule has 4 heteroatoms. The van der Waals surface area contributed by atoms with Crippen molar-refractivity contribution < 1.29 is 10.2 Å². The van der Waals surface area contributed by atoms with E-state index in [0.29, 0.717) is 6.42 Å². The fourth-order valence-electron chi connectivity index (χ4n) is 1.31. The van der Waals surface area contributed by atoms with Gasteiger partial charge in [0.05, 0.1) is 18.2 Å². The molecule has 0 aromatic rings. The molecule has 4 nitrogen and oxygen atoms in total. The highest BCUT2D eigenvalue weighted by atomic mass is 16.3. The molecule has 0 saturated heterocycles. The second-order valence-electron chi connectivity index (χ2n) is 3.28. The highest BCUT2D eigenvalue weighted by Gasteiger charge is 2.37. The Balaban J connectivity index is 4.56. The van der Waals surface area contributed by atoms with E-state index in [1.54, 1.807) is 4.90 Å². The van der Waals surface area contributed by atoms with Crippen molar-refractivity contribution >= 4 is 0 Å². The third-order valence-corrected chi connectivity index (χ3v) is 2.52. The molecular formula is C8H20N2O2. The van der Waals surface area contributed by atoms with Crippen molar-refractivity contribution in [2.45, 2.75) is 25.0 Å². The van der Waals surface area contributed by atoms with Gasteiger partial charge in [0.2, 0.25) is 0 Å². The van der Waals surface area contributed by atoms with Gasteiger partial charge in [-0.15, -0.1) is 0 Å². The zero-order valence-corrected chi connectivity index (χ0v) is 8.12. The van der Waals surface area contributed by atoms with Crippen LogP contribution in [0.15, 0.2) is 0 Å². The molecule has 2 unspecified atom stereocenters. The van der Waals surface area contributed by atoms with Crippen molar-refractivity contribution in [1.29, 1.82) is 0 Å². The number of nitrogens with zero attached hydrogens (tertiary/aromatic N) is 1. The quantitative estimate of drug-likeness (QED) is 0.503. The molecule has 4 N–H and O–H groups in total. The van der Waals surface area contributed by atoms with Crippen LogP contribution in [0.4, 0.5) is 0 Å². The van der Waals surface area contributed by atoms with Gasteiger partial charge in [-0.1, -0.05) is 6.92 Å². The van der Waals surface area contributed by atoms with E-state index >= 15 is 0 Å². The first-order chi connectivity index (χ1) is 5.55. The van der Waals surface area contributed by atoms with Crippen molar-refractivity contribution in [3.63, 3.8) is 0 Å². The highest BCUT2D eigenvalue weighted by molar-refractivity contribution is 4.94. The normalized spacial score (nSPS) is 19.2. The maximum Gasteiger partial charge on any atom is 0.0820 e. The molecule has 0 aromatic heterocycles. The Morgan fingerprint density at radius 3 is 2.08 bits per heavy atom. The zero-order valence-electron chi connectivity index (χ0n) is 8.12. The molecule has 0 bridgehead atoms. The molecule has 2 atom stereocenters. The maximum atomic E-state index is 9.66. The Kier molecular flexibility index (Phi) is 4.70. The van der Waals surface area contributed by atoms with Gasteiger partial charge in [0.15, 0.2) is 0 Å². The lowest BCUT2D eigenvalue weighted by molar-refractivity contribution is -0.0378. The number of aliphatic hydroxyl groups is 2. The third kappa shape index (κ3) is 1.95. The molecule has 0 amide bonds. The molecular weight excluding hydrogens is 156 g/mol. The van der Waals surface area contributed by atoms with Crippen LogP contribution in [0.3, 0.4) is 0 Å². The minimum absolute atomic E-state index is 0.120. The number of likely N-dealkylation sites (N-methyl/N-ethyl adjacent to an activating group) is 1. The summed E-state index contributed by atoms with van der Waals surface area (Å²) in [5.74, 6) is 0. The fraction of sp³-hybridized carbons (Fsp3) is 1.00. The lowest BCUT2D eigenvalue weighted by Crippen LogP contribution is -2.61. The summed E-state index contributed by atoms with van der Waals surface area (Å²) in [4.78, 5) is 1.78. The average Bonchev–Trinajstić information content (AvgIpc) is 2.06. The number of hydrogen-bond acceptors (Lipinski definition) is 4. The van der Waals surface area contributed by atoms with Crippen LogP contribution in [0.2, 0.25) is 0 Å². The van der Waals surface area contributed by atoms with E-state index in [-0.39, 0.29) is 13.2 Å². The van der Waals surface area contributed by atoms with E-state index < -0.39 is 11.6 Å². The second-order valence-corrected chi connectivity index (χ2v) is 3.28. The Labute approximate surface area is 74.0 Å². The molecule has 74 valence electrons. The Morgan fingerprint density at radius 1 is 1.50 bits per heavy atom. The summed E-state index contributed by atoms with van der Waals surface area (Å²) in [6, 6.07) is 0. The maximum absolute atomic E-state index is 9.66. The summed E-state index contributed by atoms with van der Waals surface area (Å²) < 4.78 is 0. The Bertz CT molecular complexity index is 124. The first-order valence-electron chi connectivity index (χ1n) is 4.21. The average molecular weight is 176 g/mol. The van der Waals surface area contributed by atoms with E-state index in [9.17, 15) is 5.11 Å². The summed E-state index contributed by atoms with van der Waals surface area (Å²) in [6.45, 7) is 2.01. The summed E-state index contributed by atoms with van der Waals surface area (Å²) in [5.41, 5.74) is 4.85. The van der Waals surface area contributed by atoms with Gasteiger partial charge >= 0.3 is 0 Å². The summed E-state index contributed by atoms with van der Waals surface area (Å²) in [6.07, 6.45) is 0.0122. The van der Waals surface area contributed by atoms with E-state index in [2.05, 4.69) is 0 Å². The molecule has 0 aromatic carbocycles. The molecule has 12 heavy (non-hydrogen) atoms. The molecule has 0 spiro atoms. The van der Waals surface area contributed by atoms with Crippen LogP contribution < -0.4 is 5.73 Å². The predicted molar refractivity (Wildman–Crippen MR) is 48.9 cm³/mol. The van der Waals surface area contributed by atoms with Gasteiger partial charge in [0.25, 0.3) is 0 Å². The van der Waals surface area contributed by atoms with E-state index in [1.807, 2.05) is 21.0 Å². The molecule has 0 radical (unpaired) electrons. The lowest BCUT2D eigenvalue weighted by Gasteiger charge is -2.40. The largest absolute Gasteiger partial charge is 0.394 e. The SMILES string of the molecule is CCC(O)C(CN)(CO)N(C)C. The van der Waals surface area contributed by atoms with E-state index in [4.69, 9.17) is 10.8 Å².